The van der Waals surface area contributed by atoms with Gasteiger partial charge in [-0.15, -0.1) is 0 Å². The summed E-state index contributed by atoms with van der Waals surface area (Å²) in [5, 5.41) is 7.22. The van der Waals surface area contributed by atoms with Gasteiger partial charge in [-0.25, -0.2) is 0 Å². The molecule has 1 aliphatic rings. The van der Waals surface area contributed by atoms with E-state index in [-0.39, 0.29) is 0 Å². The van der Waals surface area contributed by atoms with Crippen LogP contribution in [0.2, 0.25) is 0 Å². The van der Waals surface area contributed by atoms with Crippen LogP contribution in [0.1, 0.15) is 44.9 Å². The highest BCUT2D eigenvalue weighted by atomic mass is 32.1. The van der Waals surface area contributed by atoms with Crippen LogP contribution in [0.4, 0.5) is 0 Å². The van der Waals surface area contributed by atoms with Crippen LogP contribution in [0, 0.1) is 4.77 Å². The number of H-pyrrole nitrogens is 1. The summed E-state index contributed by atoms with van der Waals surface area (Å²) in [6.07, 6.45) is 7.30. The molecule has 17 heavy (non-hydrogen) atoms. The predicted molar refractivity (Wildman–Crippen MR) is 69.6 cm³/mol. The Hall–Kier alpha value is -0.680. The number of unbranched alkanes of at least 4 members (excludes halogenated alkanes) is 2. The first-order valence-electron chi connectivity index (χ1n) is 6.57. The van der Waals surface area contributed by atoms with Gasteiger partial charge in [0.25, 0.3) is 0 Å². The Morgan fingerprint density at radius 2 is 2.41 bits per heavy atom. The van der Waals surface area contributed by atoms with Crippen molar-refractivity contribution in [2.75, 3.05) is 6.61 Å². The lowest BCUT2D eigenvalue weighted by Gasteiger charge is -2.12. The second kappa shape index (κ2) is 6.31. The molecular formula is C12H21N3OS. The molecule has 96 valence electrons. The van der Waals surface area contributed by atoms with Crippen LogP contribution < -0.4 is 0 Å². The SMILES string of the molecule is CCCCCc1n[nH]c(=S)n1C[C@@H]1CCCO1. The van der Waals surface area contributed by atoms with Gasteiger partial charge in [-0.3, -0.25) is 5.10 Å². The standard InChI is InChI=1S/C12H21N3OS/c1-2-3-4-7-11-13-14-12(17)15(11)9-10-6-5-8-16-10/h10H,2-9H2,1H3,(H,14,17)/t10-/m0/s1. The number of hydrogen-bond donors (Lipinski definition) is 1. The Balaban J connectivity index is 1.98. The van der Waals surface area contributed by atoms with Gasteiger partial charge >= 0.3 is 0 Å². The van der Waals surface area contributed by atoms with Crippen molar-refractivity contribution in [3.63, 3.8) is 0 Å². The highest BCUT2D eigenvalue weighted by molar-refractivity contribution is 7.71. The van der Waals surface area contributed by atoms with Gasteiger partial charge in [0.2, 0.25) is 0 Å². The summed E-state index contributed by atoms with van der Waals surface area (Å²) in [7, 11) is 0. The fourth-order valence-electron chi connectivity index (χ4n) is 2.25. The number of nitrogens with one attached hydrogen (secondary N) is 1. The monoisotopic (exact) mass is 255 g/mol. The molecule has 0 amide bonds. The van der Waals surface area contributed by atoms with Crippen LogP contribution in [0.3, 0.4) is 0 Å². The van der Waals surface area contributed by atoms with Crippen LogP contribution in [-0.2, 0) is 17.7 Å². The average Bonchev–Trinajstić information content (AvgIpc) is 2.94. The van der Waals surface area contributed by atoms with Gasteiger partial charge in [0.05, 0.1) is 12.6 Å². The molecule has 0 saturated carbocycles. The number of aromatic nitrogens is 3. The second-order valence-corrected chi connectivity index (χ2v) is 5.03. The minimum atomic E-state index is 0.323. The molecule has 0 bridgehead atoms. The minimum Gasteiger partial charge on any atom is -0.376 e. The molecule has 1 saturated heterocycles. The van der Waals surface area contributed by atoms with E-state index >= 15 is 0 Å². The molecule has 5 heteroatoms. The number of aromatic amines is 1. The molecule has 0 radical (unpaired) electrons. The van der Waals surface area contributed by atoms with Gasteiger partial charge in [0.1, 0.15) is 5.82 Å². The lowest BCUT2D eigenvalue weighted by atomic mass is 10.2. The van der Waals surface area contributed by atoms with Crippen molar-refractivity contribution in [1.82, 2.24) is 14.8 Å². The molecule has 1 N–H and O–H groups in total. The van der Waals surface area contributed by atoms with Crippen molar-refractivity contribution in [3.05, 3.63) is 10.6 Å². The molecule has 1 aromatic heterocycles. The minimum absolute atomic E-state index is 0.323. The van der Waals surface area contributed by atoms with E-state index in [1.165, 1.54) is 25.7 Å². The summed E-state index contributed by atoms with van der Waals surface area (Å²) >= 11 is 5.28. The average molecular weight is 255 g/mol. The molecule has 1 atom stereocenters. The van der Waals surface area contributed by atoms with Gasteiger partial charge in [0, 0.05) is 13.0 Å². The third-order valence-electron chi connectivity index (χ3n) is 3.25. The smallest absolute Gasteiger partial charge is 0.195 e. The van der Waals surface area contributed by atoms with Crippen LogP contribution in [-0.4, -0.2) is 27.5 Å². The fraction of sp³-hybridized carbons (Fsp3) is 0.833. The van der Waals surface area contributed by atoms with Crippen molar-refractivity contribution >= 4 is 12.2 Å². The van der Waals surface area contributed by atoms with E-state index in [1.807, 2.05) is 0 Å². The van der Waals surface area contributed by atoms with Crippen molar-refractivity contribution in [1.29, 1.82) is 0 Å². The molecule has 0 spiro atoms. The first kappa shape index (κ1) is 12.8. The first-order chi connectivity index (χ1) is 8.31. The maximum atomic E-state index is 5.65. The van der Waals surface area contributed by atoms with Gasteiger partial charge in [-0.1, -0.05) is 19.8 Å². The number of ether oxygens (including phenoxy) is 1. The van der Waals surface area contributed by atoms with Gasteiger partial charge in [0.15, 0.2) is 4.77 Å². The van der Waals surface area contributed by atoms with E-state index in [9.17, 15) is 0 Å². The Morgan fingerprint density at radius 1 is 1.53 bits per heavy atom. The summed E-state index contributed by atoms with van der Waals surface area (Å²) in [5.41, 5.74) is 0. The normalized spacial score (nSPS) is 19.9. The summed E-state index contributed by atoms with van der Waals surface area (Å²) in [4.78, 5) is 0. The molecule has 0 aromatic carbocycles. The Bertz CT molecular complexity index is 393. The molecule has 1 aromatic rings. The van der Waals surface area contributed by atoms with Crippen LogP contribution in [0.5, 0.6) is 0 Å². The lowest BCUT2D eigenvalue weighted by molar-refractivity contribution is 0.0958. The van der Waals surface area contributed by atoms with Crippen molar-refractivity contribution in [3.8, 4) is 0 Å². The topological polar surface area (TPSA) is 42.8 Å². The van der Waals surface area contributed by atoms with Crippen LogP contribution in [0.25, 0.3) is 0 Å². The highest BCUT2D eigenvalue weighted by Gasteiger charge is 2.18. The zero-order valence-corrected chi connectivity index (χ0v) is 11.3. The zero-order chi connectivity index (χ0) is 12.1. The van der Waals surface area contributed by atoms with E-state index < -0.39 is 0 Å². The molecular weight excluding hydrogens is 234 g/mol. The molecule has 4 nitrogen and oxygen atoms in total. The first-order valence-corrected chi connectivity index (χ1v) is 6.97. The van der Waals surface area contributed by atoms with Crippen molar-refractivity contribution in [2.24, 2.45) is 0 Å². The Morgan fingerprint density at radius 3 is 3.12 bits per heavy atom. The maximum Gasteiger partial charge on any atom is 0.195 e. The van der Waals surface area contributed by atoms with Gasteiger partial charge in [-0.2, -0.15) is 5.10 Å². The zero-order valence-electron chi connectivity index (χ0n) is 10.4. The van der Waals surface area contributed by atoms with Crippen molar-refractivity contribution in [2.45, 2.75) is 58.1 Å². The summed E-state index contributed by atoms with van der Waals surface area (Å²) in [5.74, 6) is 1.08. The molecule has 2 heterocycles. The fourth-order valence-corrected chi connectivity index (χ4v) is 2.48. The Labute approximate surface area is 107 Å². The largest absolute Gasteiger partial charge is 0.376 e. The van der Waals surface area contributed by atoms with Gasteiger partial charge in [-0.05, 0) is 31.5 Å². The molecule has 2 rings (SSSR count). The van der Waals surface area contributed by atoms with Gasteiger partial charge < -0.3 is 9.30 Å². The lowest BCUT2D eigenvalue weighted by Crippen LogP contribution is -2.17. The second-order valence-electron chi connectivity index (χ2n) is 4.65. The van der Waals surface area contributed by atoms with E-state index in [0.717, 1.165) is 36.6 Å². The quantitative estimate of drug-likeness (QED) is 0.628. The molecule has 0 aliphatic carbocycles. The van der Waals surface area contributed by atoms with Crippen molar-refractivity contribution < 1.29 is 4.74 Å². The predicted octanol–water partition coefficient (Wildman–Crippen LogP) is 2.85. The van der Waals surface area contributed by atoms with E-state index in [4.69, 9.17) is 17.0 Å². The maximum absolute atomic E-state index is 5.65. The third kappa shape index (κ3) is 3.39. The number of rotatable bonds is 6. The van der Waals surface area contributed by atoms with E-state index in [1.54, 1.807) is 0 Å². The number of aryl methyl sites for hydroxylation is 1. The summed E-state index contributed by atoms with van der Waals surface area (Å²) in [6.45, 7) is 3.96. The number of hydrogen-bond acceptors (Lipinski definition) is 3. The summed E-state index contributed by atoms with van der Waals surface area (Å²) in [6, 6.07) is 0. The molecule has 0 unspecified atom stereocenters. The van der Waals surface area contributed by atoms with Crippen LogP contribution in [0.15, 0.2) is 0 Å². The highest BCUT2D eigenvalue weighted by Crippen LogP contribution is 2.15. The third-order valence-corrected chi connectivity index (χ3v) is 3.56. The molecule has 1 aliphatic heterocycles. The summed E-state index contributed by atoms with van der Waals surface area (Å²) < 4.78 is 8.49. The van der Waals surface area contributed by atoms with E-state index in [0.29, 0.717) is 6.10 Å². The van der Waals surface area contributed by atoms with Crippen LogP contribution >= 0.6 is 12.2 Å². The Kier molecular flexibility index (Phi) is 4.74. The molecule has 1 fully saturated rings. The van der Waals surface area contributed by atoms with E-state index in [2.05, 4.69) is 21.7 Å². The number of nitrogens with zero attached hydrogens (tertiary/aromatic N) is 2.